The summed E-state index contributed by atoms with van der Waals surface area (Å²) in [6.07, 6.45) is 0. The van der Waals surface area contributed by atoms with E-state index >= 15 is 0 Å². The number of rotatable bonds is 6. The lowest BCUT2D eigenvalue weighted by molar-refractivity contribution is 1.18. The summed E-state index contributed by atoms with van der Waals surface area (Å²) >= 11 is 1.85. The van der Waals surface area contributed by atoms with Crippen LogP contribution in [0.15, 0.2) is 200 Å². The molecular formula is C53H33N3S. The molecule has 0 bridgehead atoms. The number of fused-ring (bicyclic) bond motifs is 6. The highest BCUT2D eigenvalue weighted by Gasteiger charge is 2.20. The predicted octanol–water partition coefficient (Wildman–Crippen LogP) is 14.5. The number of pyridine rings is 1. The zero-order valence-electron chi connectivity index (χ0n) is 30.8. The van der Waals surface area contributed by atoms with Crippen LogP contribution in [0.5, 0.6) is 0 Å². The Morgan fingerprint density at radius 2 is 0.877 bits per heavy atom. The third-order valence-electron chi connectivity index (χ3n) is 10.9. The number of hydrogen-bond acceptors (Lipinski definition) is 4. The molecule has 3 aromatic heterocycles. The molecule has 57 heavy (non-hydrogen) atoms. The molecule has 266 valence electrons. The zero-order valence-corrected chi connectivity index (χ0v) is 31.6. The van der Waals surface area contributed by atoms with Crippen molar-refractivity contribution in [3.05, 3.63) is 200 Å². The lowest BCUT2D eigenvalue weighted by Gasteiger charge is -2.13. The molecule has 3 nitrogen and oxygen atoms in total. The van der Waals surface area contributed by atoms with Crippen molar-refractivity contribution in [1.82, 2.24) is 15.0 Å². The van der Waals surface area contributed by atoms with Crippen LogP contribution in [0.3, 0.4) is 0 Å². The molecule has 0 N–H and O–H groups in total. The van der Waals surface area contributed by atoms with Crippen molar-refractivity contribution >= 4 is 53.2 Å². The molecule has 0 fully saturated rings. The molecule has 8 aromatic carbocycles. The summed E-state index contributed by atoms with van der Waals surface area (Å²) in [6.45, 7) is 0. The third kappa shape index (κ3) is 5.86. The number of benzene rings is 8. The minimum absolute atomic E-state index is 0.696. The number of para-hydroxylation sites is 1. The van der Waals surface area contributed by atoms with Gasteiger partial charge in [0.1, 0.15) is 0 Å². The van der Waals surface area contributed by atoms with Gasteiger partial charge in [0.15, 0.2) is 5.82 Å². The van der Waals surface area contributed by atoms with Crippen molar-refractivity contribution in [1.29, 1.82) is 0 Å². The van der Waals surface area contributed by atoms with Gasteiger partial charge in [0.25, 0.3) is 0 Å². The van der Waals surface area contributed by atoms with Crippen LogP contribution in [-0.2, 0) is 0 Å². The molecule has 11 aromatic rings. The number of aromatic nitrogens is 3. The van der Waals surface area contributed by atoms with Gasteiger partial charge in [-0.3, -0.25) is 0 Å². The van der Waals surface area contributed by atoms with Gasteiger partial charge in [-0.05, 0) is 39.6 Å². The SMILES string of the molecule is c1ccc(-c2ccc(-c3nc(-c4ccccc4)cc(-c4ccc(-c5cccc6c5nc(-c5cccc7ccccc57)c5c7ccccc7sc65)cc4)n3)cc2)cc1. The van der Waals surface area contributed by atoms with E-state index < -0.39 is 0 Å². The molecule has 0 amide bonds. The van der Waals surface area contributed by atoms with Crippen molar-refractivity contribution in [2.75, 3.05) is 0 Å². The standard InChI is InChI=1S/C53H33N3S/c1-3-13-34(14-4-1)35-25-31-40(32-26-35)53-54-46(38-16-5-2-6-17-38)33-47(55-53)39-29-27-37(28-30-39)42-21-12-23-45-50(42)56-51(43-22-11-18-36-15-7-8-19-41(36)43)49-44-20-9-10-24-48(44)57-52(45)49/h1-33H. The van der Waals surface area contributed by atoms with Gasteiger partial charge in [0.2, 0.25) is 0 Å². The first-order chi connectivity index (χ1) is 28.2. The maximum atomic E-state index is 5.60. The molecular weight excluding hydrogens is 711 g/mol. The highest BCUT2D eigenvalue weighted by Crippen LogP contribution is 2.45. The molecule has 0 unspecified atom stereocenters. The van der Waals surface area contributed by atoms with Gasteiger partial charge >= 0.3 is 0 Å². The summed E-state index contributed by atoms with van der Waals surface area (Å²) in [5.74, 6) is 0.696. The quantitative estimate of drug-likeness (QED) is 0.170. The van der Waals surface area contributed by atoms with E-state index in [9.17, 15) is 0 Å². The van der Waals surface area contributed by atoms with E-state index in [2.05, 4.69) is 188 Å². The summed E-state index contributed by atoms with van der Waals surface area (Å²) in [4.78, 5) is 15.8. The van der Waals surface area contributed by atoms with Crippen LogP contribution in [0, 0.1) is 0 Å². The molecule has 0 aliphatic heterocycles. The van der Waals surface area contributed by atoms with E-state index in [1.54, 1.807) is 0 Å². The van der Waals surface area contributed by atoms with Crippen LogP contribution in [0.4, 0.5) is 0 Å². The Morgan fingerprint density at radius 3 is 1.65 bits per heavy atom. The second kappa shape index (κ2) is 13.8. The molecule has 0 aliphatic carbocycles. The normalized spacial score (nSPS) is 11.5. The molecule has 4 heteroatoms. The molecule has 0 saturated heterocycles. The van der Waals surface area contributed by atoms with E-state index in [4.69, 9.17) is 15.0 Å². The number of nitrogens with zero attached hydrogens (tertiary/aromatic N) is 3. The summed E-state index contributed by atoms with van der Waals surface area (Å²) in [5.41, 5.74) is 12.5. The summed E-state index contributed by atoms with van der Waals surface area (Å²) < 4.78 is 2.53. The molecule has 0 spiro atoms. The van der Waals surface area contributed by atoms with Crippen LogP contribution >= 0.6 is 11.3 Å². The van der Waals surface area contributed by atoms with Gasteiger partial charge in [0.05, 0.1) is 22.6 Å². The first-order valence-corrected chi connectivity index (χ1v) is 20.0. The lowest BCUT2D eigenvalue weighted by Crippen LogP contribution is -1.96. The molecule has 0 atom stereocenters. The maximum Gasteiger partial charge on any atom is 0.160 e. The van der Waals surface area contributed by atoms with Gasteiger partial charge in [-0.2, -0.15) is 0 Å². The van der Waals surface area contributed by atoms with Crippen molar-refractivity contribution in [2.24, 2.45) is 0 Å². The van der Waals surface area contributed by atoms with Crippen LogP contribution in [0.1, 0.15) is 0 Å². The Hall–Kier alpha value is -7.27. The van der Waals surface area contributed by atoms with Gasteiger partial charge < -0.3 is 0 Å². The zero-order chi connectivity index (χ0) is 37.7. The average Bonchev–Trinajstić information content (AvgIpc) is 3.69. The summed E-state index contributed by atoms with van der Waals surface area (Å²) in [5, 5.41) is 6.05. The van der Waals surface area contributed by atoms with Crippen LogP contribution in [-0.4, -0.2) is 15.0 Å². The van der Waals surface area contributed by atoms with Gasteiger partial charge in [-0.15, -0.1) is 11.3 Å². The highest BCUT2D eigenvalue weighted by atomic mass is 32.1. The maximum absolute atomic E-state index is 5.60. The molecule has 11 rings (SSSR count). The summed E-state index contributed by atoms with van der Waals surface area (Å²) in [7, 11) is 0. The van der Waals surface area contributed by atoms with Crippen molar-refractivity contribution in [3.8, 4) is 67.4 Å². The second-order valence-corrected chi connectivity index (χ2v) is 15.4. The van der Waals surface area contributed by atoms with Crippen molar-refractivity contribution < 1.29 is 0 Å². The largest absolute Gasteiger partial charge is 0.246 e. The fourth-order valence-corrected chi connectivity index (χ4v) is 9.32. The first kappa shape index (κ1) is 33.1. The molecule has 0 radical (unpaired) electrons. The van der Waals surface area contributed by atoms with Crippen LogP contribution in [0.2, 0.25) is 0 Å². The van der Waals surface area contributed by atoms with Crippen LogP contribution < -0.4 is 0 Å². The highest BCUT2D eigenvalue weighted by molar-refractivity contribution is 7.26. The topological polar surface area (TPSA) is 38.7 Å². The Labute approximate surface area is 334 Å². The number of thiophene rings is 1. The average molecular weight is 744 g/mol. The fraction of sp³-hybridized carbons (Fsp3) is 0. The van der Waals surface area contributed by atoms with Gasteiger partial charge in [-0.25, -0.2) is 15.0 Å². The van der Waals surface area contributed by atoms with Crippen molar-refractivity contribution in [2.45, 2.75) is 0 Å². The molecule has 0 aliphatic rings. The van der Waals surface area contributed by atoms with Crippen molar-refractivity contribution in [3.63, 3.8) is 0 Å². The Kier molecular flexibility index (Phi) is 8.01. The van der Waals surface area contributed by atoms with E-state index in [0.29, 0.717) is 5.82 Å². The minimum Gasteiger partial charge on any atom is -0.246 e. The smallest absolute Gasteiger partial charge is 0.160 e. The fourth-order valence-electron chi connectivity index (χ4n) is 8.09. The van der Waals surface area contributed by atoms with Gasteiger partial charge in [-0.1, -0.05) is 188 Å². The molecule has 0 saturated carbocycles. The van der Waals surface area contributed by atoms with Crippen LogP contribution in [0.25, 0.3) is 109 Å². The van der Waals surface area contributed by atoms with E-state index in [1.165, 1.54) is 41.9 Å². The van der Waals surface area contributed by atoms with E-state index in [1.807, 2.05) is 23.5 Å². The number of hydrogen-bond donors (Lipinski definition) is 0. The van der Waals surface area contributed by atoms with E-state index in [-0.39, 0.29) is 0 Å². The van der Waals surface area contributed by atoms with Gasteiger partial charge in [0, 0.05) is 53.4 Å². The first-order valence-electron chi connectivity index (χ1n) is 19.2. The lowest BCUT2D eigenvalue weighted by atomic mass is 9.95. The Balaban J connectivity index is 1.04. The predicted molar refractivity (Wildman–Crippen MR) is 240 cm³/mol. The third-order valence-corrected chi connectivity index (χ3v) is 12.1. The molecule has 3 heterocycles. The Morgan fingerprint density at radius 1 is 0.351 bits per heavy atom. The second-order valence-electron chi connectivity index (χ2n) is 14.3. The summed E-state index contributed by atoms with van der Waals surface area (Å²) in [6, 6.07) is 70.7. The monoisotopic (exact) mass is 743 g/mol. The minimum atomic E-state index is 0.696. The Bertz CT molecular complexity index is 3260. The van der Waals surface area contributed by atoms with E-state index in [0.717, 1.165) is 61.5 Å².